The molecule has 1 aliphatic heterocycles. The highest BCUT2D eigenvalue weighted by atomic mass is 35.5. The van der Waals surface area contributed by atoms with E-state index in [1.165, 1.54) is 6.07 Å². The predicted molar refractivity (Wildman–Crippen MR) is 164 cm³/mol. The molecule has 0 aliphatic carbocycles. The summed E-state index contributed by atoms with van der Waals surface area (Å²) in [6, 6.07) is 20.1. The van der Waals surface area contributed by atoms with E-state index in [0.29, 0.717) is 27.7 Å². The number of sulfonamides is 1. The largest absolute Gasteiger partial charge is 0.485 e. The van der Waals surface area contributed by atoms with Gasteiger partial charge < -0.3 is 15.2 Å². The van der Waals surface area contributed by atoms with Crippen LogP contribution < -0.4 is 14.8 Å². The van der Waals surface area contributed by atoms with Gasteiger partial charge in [-0.15, -0.1) is 11.3 Å². The molecule has 3 aromatic carbocycles. The number of aromatic nitrogens is 2. The number of rotatable bonds is 6. The maximum Gasteiger partial charge on any atom is 0.256 e. The lowest BCUT2D eigenvalue weighted by Crippen LogP contribution is -2.53. The van der Waals surface area contributed by atoms with E-state index in [2.05, 4.69) is 20.2 Å². The van der Waals surface area contributed by atoms with Crippen molar-refractivity contribution in [3.63, 3.8) is 0 Å². The summed E-state index contributed by atoms with van der Waals surface area (Å²) in [5.41, 5.74) is 1.68. The topological polar surface area (TPSA) is 133 Å². The Kier molecular flexibility index (Phi) is 7.11. The van der Waals surface area contributed by atoms with Crippen LogP contribution in [0.25, 0.3) is 21.3 Å². The maximum atomic E-state index is 13.7. The van der Waals surface area contributed by atoms with Crippen LogP contribution in [-0.2, 0) is 10.0 Å². The van der Waals surface area contributed by atoms with E-state index in [1.54, 1.807) is 57.2 Å². The smallest absolute Gasteiger partial charge is 0.256 e. The van der Waals surface area contributed by atoms with Crippen LogP contribution in [0.2, 0.25) is 5.02 Å². The van der Waals surface area contributed by atoms with Gasteiger partial charge in [-0.2, -0.15) is 5.10 Å². The first kappa shape index (κ1) is 28.4. The molecular weight excluding hydrogens is 596 g/mol. The van der Waals surface area contributed by atoms with Gasteiger partial charge in [0.2, 0.25) is 0 Å². The Hall–Kier alpha value is -3.74. The second-order valence-corrected chi connectivity index (χ2v) is 14.0. The SMILES string of the molecule is Cc1c(S(=O)(=O)N[C@@H]2c3cc(C(=O)Nc4cc(-c5ccccc5)[nH]n4)ccc3OC(C)(C)[C@H]2O)sc2ccc(Cl)cc12. The molecule has 6 rings (SSSR count). The van der Waals surface area contributed by atoms with Crippen molar-refractivity contribution >= 4 is 54.8 Å². The highest BCUT2D eigenvalue weighted by Gasteiger charge is 2.45. The second kappa shape index (κ2) is 10.5. The highest BCUT2D eigenvalue weighted by molar-refractivity contribution is 7.91. The minimum absolute atomic E-state index is 0.125. The minimum atomic E-state index is -4.10. The quantitative estimate of drug-likeness (QED) is 0.182. The number of benzene rings is 3. The minimum Gasteiger partial charge on any atom is -0.485 e. The van der Waals surface area contributed by atoms with E-state index in [0.717, 1.165) is 32.7 Å². The summed E-state index contributed by atoms with van der Waals surface area (Å²) in [6.45, 7) is 5.08. The molecule has 0 bridgehead atoms. The van der Waals surface area contributed by atoms with Crippen molar-refractivity contribution in [2.75, 3.05) is 5.32 Å². The lowest BCUT2D eigenvalue weighted by molar-refractivity contribution is -0.0603. The van der Waals surface area contributed by atoms with Gasteiger partial charge in [-0.1, -0.05) is 41.9 Å². The number of carbonyl (C=O) groups excluding carboxylic acids is 1. The fourth-order valence-corrected chi connectivity index (χ4v) is 8.21. The molecule has 9 nitrogen and oxygen atoms in total. The summed E-state index contributed by atoms with van der Waals surface area (Å²) in [7, 11) is -4.10. The number of nitrogens with zero attached hydrogens (tertiary/aromatic N) is 1. The normalized spacial score (nSPS) is 17.9. The van der Waals surface area contributed by atoms with E-state index in [-0.39, 0.29) is 9.77 Å². The molecule has 0 unspecified atom stereocenters. The van der Waals surface area contributed by atoms with Gasteiger partial charge in [0, 0.05) is 26.9 Å². The number of thiophene rings is 1. The number of aliphatic hydroxyl groups is 1. The van der Waals surface area contributed by atoms with Crippen LogP contribution in [0.3, 0.4) is 0 Å². The first-order valence-electron chi connectivity index (χ1n) is 13.1. The van der Waals surface area contributed by atoms with Gasteiger partial charge in [-0.25, -0.2) is 13.1 Å². The number of aromatic amines is 1. The van der Waals surface area contributed by atoms with E-state index < -0.39 is 33.7 Å². The van der Waals surface area contributed by atoms with Crippen molar-refractivity contribution < 1.29 is 23.1 Å². The van der Waals surface area contributed by atoms with Gasteiger partial charge in [-0.3, -0.25) is 9.89 Å². The zero-order valence-electron chi connectivity index (χ0n) is 22.8. The molecule has 3 heterocycles. The van der Waals surface area contributed by atoms with E-state index in [9.17, 15) is 18.3 Å². The molecule has 0 spiro atoms. The first-order valence-corrected chi connectivity index (χ1v) is 15.7. The number of aryl methyl sites for hydroxylation is 1. The zero-order valence-corrected chi connectivity index (χ0v) is 25.2. The molecule has 5 aromatic rings. The van der Waals surface area contributed by atoms with Gasteiger partial charge in [-0.05, 0) is 73.7 Å². The van der Waals surface area contributed by atoms with Crippen molar-refractivity contribution in [3.8, 4) is 17.0 Å². The third-order valence-electron chi connectivity index (χ3n) is 7.29. The molecule has 0 radical (unpaired) electrons. The van der Waals surface area contributed by atoms with E-state index in [4.69, 9.17) is 16.3 Å². The molecule has 2 aromatic heterocycles. The molecule has 216 valence electrons. The van der Waals surface area contributed by atoms with Crippen LogP contribution in [0.15, 0.2) is 77.0 Å². The number of halogens is 1. The van der Waals surface area contributed by atoms with Crippen LogP contribution in [0.1, 0.15) is 41.4 Å². The summed E-state index contributed by atoms with van der Waals surface area (Å²) in [4.78, 5) is 13.2. The van der Waals surface area contributed by atoms with Crippen LogP contribution in [0.5, 0.6) is 5.75 Å². The number of anilines is 1. The Balaban J connectivity index is 1.31. The molecule has 42 heavy (non-hydrogen) atoms. The summed E-state index contributed by atoms with van der Waals surface area (Å²) < 4.78 is 37.1. The fourth-order valence-electron chi connectivity index (χ4n) is 5.06. The summed E-state index contributed by atoms with van der Waals surface area (Å²) in [6.07, 6.45) is -1.26. The van der Waals surface area contributed by atoms with E-state index >= 15 is 0 Å². The molecule has 12 heteroatoms. The van der Waals surface area contributed by atoms with Gasteiger partial charge in [0.25, 0.3) is 15.9 Å². The molecule has 2 atom stereocenters. The lowest BCUT2D eigenvalue weighted by Gasteiger charge is -2.42. The molecule has 1 aliphatic rings. The van der Waals surface area contributed by atoms with Gasteiger partial charge in [0.15, 0.2) is 5.82 Å². The van der Waals surface area contributed by atoms with Gasteiger partial charge in [0.05, 0.1) is 11.7 Å². The number of carbonyl (C=O) groups is 1. The number of amides is 1. The molecular formula is C30H27ClN4O5S2. The fraction of sp³-hybridized carbons (Fsp3) is 0.200. The van der Waals surface area contributed by atoms with Crippen molar-refractivity contribution in [1.82, 2.24) is 14.9 Å². The average molecular weight is 623 g/mol. The lowest BCUT2D eigenvalue weighted by atomic mass is 9.86. The Bertz CT molecular complexity index is 1940. The zero-order chi connectivity index (χ0) is 29.8. The van der Waals surface area contributed by atoms with E-state index in [1.807, 2.05) is 30.3 Å². The molecule has 4 N–H and O–H groups in total. The van der Waals surface area contributed by atoms with Gasteiger partial charge >= 0.3 is 0 Å². The summed E-state index contributed by atoms with van der Waals surface area (Å²) >= 11 is 7.28. The maximum absolute atomic E-state index is 13.7. The van der Waals surface area contributed by atoms with Crippen molar-refractivity contribution in [3.05, 3.63) is 94.5 Å². The predicted octanol–water partition coefficient (Wildman–Crippen LogP) is 6.06. The average Bonchev–Trinajstić information content (AvgIpc) is 3.56. The van der Waals surface area contributed by atoms with Crippen LogP contribution in [-0.4, -0.2) is 41.3 Å². The number of ether oxygens (including phenoxy) is 1. The van der Waals surface area contributed by atoms with Crippen molar-refractivity contribution in [2.24, 2.45) is 0 Å². The number of H-pyrrole nitrogens is 1. The molecule has 0 fully saturated rings. The standard InChI is InChI=1S/C30H27ClN4O5S2/c1-16-20-14-19(31)10-12-24(20)41-29(16)42(38,39)35-26-21-13-18(9-11-23(21)40-30(2,3)27(26)36)28(37)32-25-15-22(33-34-25)17-7-5-4-6-8-17/h4-15,26-27,35-36H,1-3H3,(H2,32,33,34,37)/t26-,27+/m1/s1. The monoisotopic (exact) mass is 622 g/mol. The number of nitrogens with one attached hydrogen (secondary N) is 3. The molecule has 1 amide bonds. The highest BCUT2D eigenvalue weighted by Crippen LogP contribution is 2.42. The second-order valence-electron chi connectivity index (χ2n) is 10.6. The van der Waals surface area contributed by atoms with Crippen LogP contribution in [0.4, 0.5) is 5.82 Å². The number of hydrogen-bond acceptors (Lipinski definition) is 7. The third kappa shape index (κ3) is 5.18. The summed E-state index contributed by atoms with van der Waals surface area (Å²) in [5, 5.41) is 22.4. The Morgan fingerprint density at radius 1 is 1.10 bits per heavy atom. The molecule has 0 saturated heterocycles. The van der Waals surface area contributed by atoms with Gasteiger partial charge in [0.1, 0.15) is 21.7 Å². The number of hydrogen-bond donors (Lipinski definition) is 4. The third-order valence-corrected chi connectivity index (χ3v) is 10.9. The first-order chi connectivity index (χ1) is 19.9. The van der Waals surface area contributed by atoms with Crippen LogP contribution >= 0.6 is 22.9 Å². The molecule has 0 saturated carbocycles. The van der Waals surface area contributed by atoms with Crippen molar-refractivity contribution in [2.45, 2.75) is 42.7 Å². The Morgan fingerprint density at radius 3 is 2.62 bits per heavy atom. The van der Waals surface area contributed by atoms with Crippen LogP contribution in [0, 0.1) is 6.92 Å². The number of aliphatic hydroxyl groups excluding tert-OH is 1. The Labute approximate surface area is 251 Å². The van der Waals surface area contributed by atoms with Crippen molar-refractivity contribution in [1.29, 1.82) is 0 Å². The number of fused-ring (bicyclic) bond motifs is 2. The summed E-state index contributed by atoms with van der Waals surface area (Å²) in [5.74, 6) is 0.231. The Morgan fingerprint density at radius 2 is 1.86 bits per heavy atom.